The van der Waals surface area contributed by atoms with E-state index in [0.717, 1.165) is 64.6 Å². The standard InChI is InChI=1S/C21H31N3O2/c25-21(24-8-3-1-2-4-9-24)17-23-12-10-22(11-13-23)16-18-5-6-20-19(15-18)7-14-26-20/h5-6,15H,1-4,7-14,16-17H2. The molecule has 0 spiro atoms. The van der Waals surface area contributed by atoms with Crippen molar-refractivity contribution in [3.8, 4) is 5.75 Å². The molecule has 4 rings (SSSR count). The van der Waals surface area contributed by atoms with Crippen molar-refractivity contribution in [3.05, 3.63) is 29.3 Å². The third-order valence-corrected chi connectivity index (χ3v) is 5.94. The zero-order valence-corrected chi connectivity index (χ0v) is 15.8. The summed E-state index contributed by atoms with van der Waals surface area (Å²) in [7, 11) is 0. The molecule has 0 atom stereocenters. The van der Waals surface area contributed by atoms with Gasteiger partial charge in [-0.2, -0.15) is 0 Å². The van der Waals surface area contributed by atoms with Crippen molar-refractivity contribution < 1.29 is 9.53 Å². The summed E-state index contributed by atoms with van der Waals surface area (Å²) < 4.78 is 5.60. The predicted molar refractivity (Wildman–Crippen MR) is 102 cm³/mol. The number of fused-ring (bicyclic) bond motifs is 1. The molecule has 26 heavy (non-hydrogen) atoms. The number of carbonyl (C=O) groups excluding carboxylic acids is 1. The molecule has 5 nitrogen and oxygen atoms in total. The van der Waals surface area contributed by atoms with Gasteiger partial charge in [0.25, 0.3) is 0 Å². The number of likely N-dealkylation sites (tertiary alicyclic amines) is 1. The normalized spacial score (nSPS) is 21.9. The third kappa shape index (κ3) is 4.38. The average molecular weight is 357 g/mol. The van der Waals surface area contributed by atoms with E-state index in [1.54, 1.807) is 0 Å². The van der Waals surface area contributed by atoms with Crippen LogP contribution in [0.3, 0.4) is 0 Å². The fourth-order valence-electron chi connectivity index (χ4n) is 4.31. The molecule has 1 amide bonds. The summed E-state index contributed by atoms with van der Waals surface area (Å²) in [6.45, 7) is 8.42. The number of amides is 1. The molecule has 0 radical (unpaired) electrons. The molecule has 142 valence electrons. The van der Waals surface area contributed by atoms with Gasteiger partial charge >= 0.3 is 0 Å². The van der Waals surface area contributed by atoms with Crippen molar-refractivity contribution in [2.45, 2.75) is 38.6 Å². The minimum absolute atomic E-state index is 0.332. The zero-order chi connectivity index (χ0) is 17.8. The largest absolute Gasteiger partial charge is 0.493 e. The SMILES string of the molecule is O=C(CN1CCN(Cc2ccc3c(c2)CCO3)CC1)N1CCCCCC1. The highest BCUT2D eigenvalue weighted by atomic mass is 16.5. The van der Waals surface area contributed by atoms with Gasteiger partial charge in [-0.15, -0.1) is 0 Å². The molecule has 0 aromatic heterocycles. The molecule has 0 bridgehead atoms. The van der Waals surface area contributed by atoms with E-state index < -0.39 is 0 Å². The van der Waals surface area contributed by atoms with Crippen LogP contribution in [0.5, 0.6) is 5.75 Å². The van der Waals surface area contributed by atoms with Crippen molar-refractivity contribution in [2.24, 2.45) is 0 Å². The molecular weight excluding hydrogens is 326 g/mol. The Morgan fingerprint density at radius 2 is 1.65 bits per heavy atom. The van der Waals surface area contributed by atoms with Gasteiger partial charge < -0.3 is 9.64 Å². The van der Waals surface area contributed by atoms with Gasteiger partial charge in [-0.3, -0.25) is 14.6 Å². The summed E-state index contributed by atoms with van der Waals surface area (Å²) in [4.78, 5) is 19.5. The molecule has 0 N–H and O–H groups in total. The van der Waals surface area contributed by atoms with Gasteiger partial charge in [0.2, 0.25) is 5.91 Å². The highest BCUT2D eigenvalue weighted by Crippen LogP contribution is 2.26. The van der Waals surface area contributed by atoms with E-state index in [4.69, 9.17) is 4.74 Å². The number of piperazine rings is 1. The van der Waals surface area contributed by atoms with Crippen LogP contribution in [0.2, 0.25) is 0 Å². The highest BCUT2D eigenvalue weighted by molar-refractivity contribution is 5.78. The Morgan fingerprint density at radius 3 is 2.42 bits per heavy atom. The van der Waals surface area contributed by atoms with E-state index in [0.29, 0.717) is 12.5 Å². The smallest absolute Gasteiger partial charge is 0.236 e. The number of hydrogen-bond donors (Lipinski definition) is 0. The van der Waals surface area contributed by atoms with E-state index in [2.05, 4.69) is 32.9 Å². The zero-order valence-electron chi connectivity index (χ0n) is 15.8. The van der Waals surface area contributed by atoms with Gasteiger partial charge in [0.05, 0.1) is 13.2 Å². The van der Waals surface area contributed by atoms with Crippen molar-refractivity contribution >= 4 is 5.91 Å². The first-order valence-electron chi connectivity index (χ1n) is 10.2. The van der Waals surface area contributed by atoms with Crippen molar-refractivity contribution in [1.29, 1.82) is 0 Å². The van der Waals surface area contributed by atoms with Crippen LogP contribution in [0.25, 0.3) is 0 Å². The van der Waals surface area contributed by atoms with Crippen molar-refractivity contribution in [1.82, 2.24) is 14.7 Å². The first-order valence-corrected chi connectivity index (χ1v) is 10.2. The summed E-state index contributed by atoms with van der Waals surface area (Å²) in [5.41, 5.74) is 2.73. The quantitative estimate of drug-likeness (QED) is 0.827. The van der Waals surface area contributed by atoms with Crippen LogP contribution in [0, 0.1) is 0 Å². The fraction of sp³-hybridized carbons (Fsp3) is 0.667. The Kier molecular flexibility index (Phi) is 5.75. The first kappa shape index (κ1) is 17.8. The molecule has 1 aromatic rings. The van der Waals surface area contributed by atoms with E-state index in [9.17, 15) is 4.79 Å². The molecular formula is C21H31N3O2. The molecule has 5 heteroatoms. The van der Waals surface area contributed by atoms with Crippen LogP contribution in [-0.4, -0.2) is 73.0 Å². The van der Waals surface area contributed by atoms with Gasteiger partial charge in [-0.25, -0.2) is 0 Å². The lowest BCUT2D eigenvalue weighted by atomic mass is 10.1. The molecule has 1 aromatic carbocycles. The number of nitrogens with zero attached hydrogens (tertiary/aromatic N) is 3. The minimum atomic E-state index is 0.332. The maximum atomic E-state index is 12.6. The summed E-state index contributed by atoms with van der Waals surface area (Å²) >= 11 is 0. The Bertz CT molecular complexity index is 618. The molecule has 3 aliphatic rings. The van der Waals surface area contributed by atoms with Gasteiger partial charge in [0.1, 0.15) is 5.75 Å². The van der Waals surface area contributed by atoms with Crippen molar-refractivity contribution in [3.63, 3.8) is 0 Å². The van der Waals surface area contributed by atoms with Crippen LogP contribution in [-0.2, 0) is 17.8 Å². The van der Waals surface area contributed by atoms with Crippen LogP contribution >= 0.6 is 0 Å². The number of carbonyl (C=O) groups is 1. The van der Waals surface area contributed by atoms with Gasteiger partial charge in [-0.1, -0.05) is 25.0 Å². The van der Waals surface area contributed by atoms with E-state index in [1.165, 1.54) is 36.8 Å². The second-order valence-electron chi connectivity index (χ2n) is 7.89. The molecule has 0 saturated carbocycles. The van der Waals surface area contributed by atoms with E-state index in [1.807, 2.05) is 0 Å². The lowest BCUT2D eigenvalue weighted by molar-refractivity contribution is -0.132. The van der Waals surface area contributed by atoms with Crippen LogP contribution in [0.1, 0.15) is 36.8 Å². The molecule has 3 aliphatic heterocycles. The summed E-state index contributed by atoms with van der Waals surface area (Å²) in [6.07, 6.45) is 5.93. The number of rotatable bonds is 4. The Balaban J connectivity index is 1.23. The van der Waals surface area contributed by atoms with Gasteiger partial charge in [0.15, 0.2) is 0 Å². The lowest BCUT2D eigenvalue weighted by Gasteiger charge is -2.35. The van der Waals surface area contributed by atoms with E-state index >= 15 is 0 Å². The lowest BCUT2D eigenvalue weighted by Crippen LogP contribution is -2.49. The number of ether oxygens (including phenoxy) is 1. The molecule has 0 aliphatic carbocycles. The molecule has 2 fully saturated rings. The Morgan fingerprint density at radius 1 is 0.923 bits per heavy atom. The Labute approximate surface area is 156 Å². The van der Waals surface area contributed by atoms with Gasteiger partial charge in [0, 0.05) is 52.2 Å². The Hall–Kier alpha value is -1.59. The van der Waals surface area contributed by atoms with Crippen LogP contribution in [0.15, 0.2) is 18.2 Å². The number of hydrogen-bond acceptors (Lipinski definition) is 4. The minimum Gasteiger partial charge on any atom is -0.493 e. The number of benzene rings is 1. The third-order valence-electron chi connectivity index (χ3n) is 5.94. The van der Waals surface area contributed by atoms with Crippen molar-refractivity contribution in [2.75, 3.05) is 52.4 Å². The maximum absolute atomic E-state index is 12.6. The summed E-state index contributed by atoms with van der Waals surface area (Å²) in [5.74, 6) is 1.39. The van der Waals surface area contributed by atoms with Gasteiger partial charge in [-0.05, 0) is 30.0 Å². The monoisotopic (exact) mass is 357 g/mol. The second kappa shape index (κ2) is 8.40. The van der Waals surface area contributed by atoms with E-state index in [-0.39, 0.29) is 0 Å². The highest BCUT2D eigenvalue weighted by Gasteiger charge is 2.22. The van der Waals surface area contributed by atoms with Crippen LogP contribution < -0.4 is 4.74 Å². The first-order chi connectivity index (χ1) is 12.8. The molecule has 2 saturated heterocycles. The second-order valence-corrected chi connectivity index (χ2v) is 7.89. The fourth-order valence-corrected chi connectivity index (χ4v) is 4.31. The molecule has 3 heterocycles. The average Bonchev–Trinajstić information content (AvgIpc) is 2.95. The topological polar surface area (TPSA) is 36.0 Å². The van der Waals surface area contributed by atoms with Crippen LogP contribution in [0.4, 0.5) is 0 Å². The maximum Gasteiger partial charge on any atom is 0.236 e. The molecule has 0 unspecified atom stereocenters. The predicted octanol–water partition coefficient (Wildman–Crippen LogP) is 2.14. The summed E-state index contributed by atoms with van der Waals surface area (Å²) in [5, 5.41) is 0. The summed E-state index contributed by atoms with van der Waals surface area (Å²) in [6, 6.07) is 6.62.